The summed E-state index contributed by atoms with van der Waals surface area (Å²) in [6.45, 7) is 3.60. The van der Waals surface area contributed by atoms with Gasteiger partial charge in [-0.1, -0.05) is 13.3 Å². The second-order valence-electron chi connectivity index (χ2n) is 5.00. The lowest BCUT2D eigenvalue weighted by Gasteiger charge is -2.37. The Morgan fingerprint density at radius 3 is 2.39 bits per heavy atom. The fraction of sp³-hybridized carbons (Fsp3) is 0.692. The molecule has 1 aliphatic heterocycles. The zero-order valence-corrected chi connectivity index (χ0v) is 11.8. The van der Waals surface area contributed by atoms with Crippen LogP contribution in [0.1, 0.15) is 39.0 Å². The molecule has 0 radical (unpaired) electrons. The normalized spacial score (nSPS) is 23.1. The van der Waals surface area contributed by atoms with Crippen LogP contribution in [0.3, 0.4) is 0 Å². The van der Waals surface area contributed by atoms with E-state index < -0.39 is 0 Å². The van der Waals surface area contributed by atoms with E-state index in [4.69, 9.17) is 4.42 Å². The molecule has 1 saturated carbocycles. The number of nitrogens with one attached hydrogen (secondary N) is 1. The monoisotopic (exact) mass is 275 g/mol. The van der Waals surface area contributed by atoms with Gasteiger partial charge in [0.15, 0.2) is 5.09 Å². The van der Waals surface area contributed by atoms with Gasteiger partial charge in [0.2, 0.25) is 0 Å². The maximum absolute atomic E-state index is 4.70. The molecule has 1 unspecified atom stereocenters. The molecule has 4 nitrogen and oxygen atoms in total. The van der Waals surface area contributed by atoms with Crippen LogP contribution in [0.2, 0.25) is 0 Å². The summed E-state index contributed by atoms with van der Waals surface area (Å²) in [7, 11) is 0. The lowest BCUT2D eigenvalue weighted by molar-refractivity contribution is 0.158. The van der Waals surface area contributed by atoms with Crippen LogP contribution in [0.4, 0.5) is 0 Å². The molecule has 2 aliphatic rings. The Kier molecular flexibility index (Phi) is 7.62. The average molecular weight is 275 g/mol. The van der Waals surface area contributed by atoms with Gasteiger partial charge in [0, 0.05) is 12.6 Å². The zero-order valence-electron chi connectivity index (χ0n) is 10.9. The number of rotatable bonds is 1. The van der Waals surface area contributed by atoms with Gasteiger partial charge in [-0.15, -0.1) is 12.6 Å². The van der Waals surface area contributed by atoms with E-state index in [9.17, 15) is 0 Å². The zero-order chi connectivity index (χ0) is 11.4. The van der Waals surface area contributed by atoms with Crippen LogP contribution in [0, 0.1) is 5.41 Å². The maximum Gasteiger partial charge on any atom is 0.156 e. The van der Waals surface area contributed by atoms with Crippen molar-refractivity contribution in [3.8, 4) is 0 Å². The molecule has 5 N–H and O–H groups in total. The van der Waals surface area contributed by atoms with E-state index in [0.717, 1.165) is 11.5 Å². The Bertz CT molecular complexity index is 312. The number of thiol groups is 1. The van der Waals surface area contributed by atoms with Gasteiger partial charge in [-0.25, -0.2) is 0 Å². The highest BCUT2D eigenvalue weighted by molar-refractivity contribution is 7.80. The van der Waals surface area contributed by atoms with Crippen LogP contribution in [0.25, 0.3) is 0 Å². The summed E-state index contributed by atoms with van der Waals surface area (Å²) in [5.41, 5.74) is 0.778. The summed E-state index contributed by atoms with van der Waals surface area (Å²) >= 11 is 3.87. The summed E-state index contributed by atoms with van der Waals surface area (Å²) in [5, 5.41) is 4.26. The van der Waals surface area contributed by atoms with Gasteiger partial charge in [0.1, 0.15) is 0 Å². The molecule has 2 fully saturated rings. The van der Waals surface area contributed by atoms with Crippen molar-refractivity contribution >= 4 is 12.6 Å². The first kappa shape index (κ1) is 17.5. The van der Waals surface area contributed by atoms with Gasteiger partial charge in [-0.05, 0) is 43.2 Å². The molecule has 1 saturated heterocycles. The molecule has 1 aromatic rings. The topological polar surface area (TPSA) is 88.2 Å². The molecular weight excluding hydrogens is 250 g/mol. The van der Waals surface area contributed by atoms with Crippen molar-refractivity contribution in [2.24, 2.45) is 5.41 Å². The van der Waals surface area contributed by atoms with Gasteiger partial charge in [0.25, 0.3) is 0 Å². The van der Waals surface area contributed by atoms with Crippen molar-refractivity contribution in [3.63, 3.8) is 0 Å². The third-order valence-corrected chi connectivity index (χ3v) is 4.11. The predicted octanol–water partition coefficient (Wildman–Crippen LogP) is 1.85. The first-order chi connectivity index (χ1) is 7.74. The maximum atomic E-state index is 4.70. The highest BCUT2D eigenvalue weighted by Crippen LogP contribution is 2.47. The summed E-state index contributed by atoms with van der Waals surface area (Å²) < 4.78 is 4.70. The van der Waals surface area contributed by atoms with E-state index >= 15 is 0 Å². The molecule has 2 heterocycles. The SMILES string of the molecule is CCC1CC2(CCC2)CN1.O.O.Sc1ccco1. The molecule has 0 amide bonds. The Labute approximate surface area is 114 Å². The Balaban J connectivity index is 0.000000319. The second-order valence-corrected chi connectivity index (χ2v) is 5.44. The number of hydrogen-bond acceptors (Lipinski definition) is 3. The van der Waals surface area contributed by atoms with Gasteiger partial charge in [-0.3, -0.25) is 0 Å². The number of hydrogen-bond donors (Lipinski definition) is 2. The average Bonchev–Trinajstić information content (AvgIpc) is 2.85. The molecule has 1 spiro atoms. The molecule has 106 valence electrons. The lowest BCUT2D eigenvalue weighted by Crippen LogP contribution is -2.31. The van der Waals surface area contributed by atoms with Gasteiger partial charge < -0.3 is 20.7 Å². The summed E-state index contributed by atoms with van der Waals surface area (Å²) in [6.07, 6.45) is 8.85. The van der Waals surface area contributed by atoms with Crippen molar-refractivity contribution in [1.82, 2.24) is 5.32 Å². The van der Waals surface area contributed by atoms with Gasteiger partial charge in [0.05, 0.1) is 6.26 Å². The van der Waals surface area contributed by atoms with Crippen molar-refractivity contribution < 1.29 is 15.4 Å². The van der Waals surface area contributed by atoms with Gasteiger partial charge in [-0.2, -0.15) is 0 Å². The predicted molar refractivity (Wildman–Crippen MR) is 76.2 cm³/mol. The third kappa shape index (κ3) is 4.31. The van der Waals surface area contributed by atoms with Crippen LogP contribution in [-0.2, 0) is 0 Å². The van der Waals surface area contributed by atoms with E-state index in [1.807, 2.05) is 0 Å². The minimum absolute atomic E-state index is 0. The summed E-state index contributed by atoms with van der Waals surface area (Å²) in [5.74, 6) is 0. The van der Waals surface area contributed by atoms with E-state index in [1.54, 1.807) is 18.4 Å². The van der Waals surface area contributed by atoms with Crippen molar-refractivity contribution in [2.45, 2.75) is 50.2 Å². The highest BCUT2D eigenvalue weighted by atomic mass is 32.1. The minimum atomic E-state index is 0. The second kappa shape index (κ2) is 7.84. The first-order valence-electron chi connectivity index (χ1n) is 6.20. The van der Waals surface area contributed by atoms with Crippen LogP contribution >= 0.6 is 12.6 Å². The largest absolute Gasteiger partial charge is 0.458 e. The van der Waals surface area contributed by atoms with E-state index in [1.165, 1.54) is 38.6 Å². The summed E-state index contributed by atoms with van der Waals surface area (Å²) in [6, 6.07) is 4.42. The molecule has 3 rings (SSSR count). The van der Waals surface area contributed by atoms with E-state index in [-0.39, 0.29) is 11.0 Å². The molecular formula is C13H25NO3S. The number of furan rings is 1. The summed E-state index contributed by atoms with van der Waals surface area (Å²) in [4.78, 5) is 0. The Morgan fingerprint density at radius 2 is 2.17 bits per heavy atom. The van der Waals surface area contributed by atoms with Crippen LogP contribution < -0.4 is 5.32 Å². The molecule has 0 aromatic carbocycles. The van der Waals surface area contributed by atoms with Crippen LogP contribution in [-0.4, -0.2) is 23.5 Å². The first-order valence-corrected chi connectivity index (χ1v) is 6.65. The highest BCUT2D eigenvalue weighted by Gasteiger charge is 2.42. The molecule has 18 heavy (non-hydrogen) atoms. The van der Waals surface area contributed by atoms with Crippen molar-refractivity contribution in [2.75, 3.05) is 6.54 Å². The Morgan fingerprint density at radius 1 is 1.44 bits per heavy atom. The van der Waals surface area contributed by atoms with Gasteiger partial charge >= 0.3 is 0 Å². The third-order valence-electron chi connectivity index (χ3n) is 3.86. The molecule has 1 aromatic heterocycles. The fourth-order valence-corrected chi connectivity index (χ4v) is 2.79. The molecule has 0 bridgehead atoms. The van der Waals surface area contributed by atoms with Crippen molar-refractivity contribution in [3.05, 3.63) is 18.4 Å². The quantitative estimate of drug-likeness (QED) is 0.766. The van der Waals surface area contributed by atoms with Crippen molar-refractivity contribution in [1.29, 1.82) is 0 Å². The molecule has 1 aliphatic carbocycles. The van der Waals surface area contributed by atoms with Crippen LogP contribution in [0.15, 0.2) is 27.9 Å². The van der Waals surface area contributed by atoms with E-state index in [0.29, 0.717) is 5.09 Å². The Hall–Kier alpha value is -0.490. The molecule has 5 heteroatoms. The van der Waals surface area contributed by atoms with Crippen LogP contribution in [0.5, 0.6) is 0 Å². The standard InChI is InChI=1S/C9H17N.C4H4OS.2H2O/c1-2-8-6-9(7-10-8)4-3-5-9;6-4-2-1-3-5-4;;/h8,10H,2-7H2,1H3;1-3,6H;2*1H2. The fourth-order valence-electron chi connectivity index (χ4n) is 2.64. The smallest absolute Gasteiger partial charge is 0.156 e. The minimum Gasteiger partial charge on any atom is -0.458 e. The van der Waals surface area contributed by atoms with E-state index in [2.05, 4.69) is 24.9 Å². The molecule has 1 atom stereocenters. The lowest BCUT2D eigenvalue weighted by atomic mass is 9.67.